The lowest BCUT2D eigenvalue weighted by molar-refractivity contribution is -0.143. The van der Waals surface area contributed by atoms with Gasteiger partial charge in [0.2, 0.25) is 82.7 Å². The van der Waals surface area contributed by atoms with Crippen LogP contribution in [0.1, 0.15) is 95.2 Å². The fourth-order valence-electron chi connectivity index (χ4n) is 11.7. The van der Waals surface area contributed by atoms with Crippen LogP contribution in [0.5, 0.6) is 0 Å². The number of aliphatic hydroxyl groups excluding tert-OH is 4. The maximum Gasteiger partial charge on any atom is 0.303 e. The largest absolute Gasteiger partial charge is 0.481 e. The number of guanidine groups is 1. The predicted molar refractivity (Wildman–Crippen MR) is 400 cm³/mol. The number of amides is 14. The third-order valence-corrected chi connectivity index (χ3v) is 18.2. The lowest BCUT2D eigenvalue weighted by atomic mass is 9.96. The van der Waals surface area contributed by atoms with Crippen LogP contribution < -0.4 is 86.3 Å². The van der Waals surface area contributed by atoms with Crippen molar-refractivity contribution in [3.05, 3.63) is 108 Å². The maximum absolute atomic E-state index is 15.0. The van der Waals surface area contributed by atoms with E-state index in [-0.39, 0.29) is 82.3 Å². The summed E-state index contributed by atoms with van der Waals surface area (Å²) in [5.74, 6) is -16.8. The number of H-pyrrole nitrogens is 2. The molecular weight excluding hydrogens is 1480 g/mol. The number of benzene rings is 2. The van der Waals surface area contributed by atoms with Crippen molar-refractivity contribution in [2.24, 2.45) is 29.0 Å². The summed E-state index contributed by atoms with van der Waals surface area (Å²) in [5.41, 5.74) is 18.0. The highest BCUT2D eigenvalue weighted by Crippen LogP contribution is 2.22. The number of carbonyl (C=O) groups is 15. The number of primary amides is 1. The van der Waals surface area contributed by atoms with Gasteiger partial charge in [-0.1, -0.05) is 94.8 Å². The summed E-state index contributed by atoms with van der Waals surface area (Å²) in [6, 6.07) is -3.45. The van der Waals surface area contributed by atoms with E-state index in [2.05, 4.69) is 89.1 Å². The van der Waals surface area contributed by atoms with E-state index < -0.39 is 231 Å². The normalized spacial score (nSPS) is 15.9. The summed E-state index contributed by atoms with van der Waals surface area (Å²) < 4.78 is 0. The van der Waals surface area contributed by atoms with E-state index in [1.165, 1.54) is 29.9 Å². The number of nitrogens with zero attached hydrogens (tertiary/aromatic N) is 3. The molecule has 618 valence electrons. The number of aliphatic hydroxyl groups is 4. The van der Waals surface area contributed by atoms with Crippen molar-refractivity contribution < 1.29 is 97.5 Å². The number of imidazole rings is 2. The Morgan fingerprint density at radius 2 is 0.965 bits per heavy atom. The second kappa shape index (κ2) is 46.6. The second-order valence-electron chi connectivity index (χ2n) is 27.2. The van der Waals surface area contributed by atoms with Crippen LogP contribution >= 0.6 is 0 Å². The van der Waals surface area contributed by atoms with Crippen LogP contribution in [0.25, 0.3) is 0 Å². The summed E-state index contributed by atoms with van der Waals surface area (Å²) in [4.78, 5) is 222. The smallest absolute Gasteiger partial charge is 0.303 e. The number of hydrogen-bond acceptors (Lipinski definition) is 23. The lowest BCUT2D eigenvalue weighted by Gasteiger charge is -2.32. The third-order valence-electron chi connectivity index (χ3n) is 18.2. The van der Waals surface area contributed by atoms with Gasteiger partial charge in [0.1, 0.15) is 78.5 Å². The molecule has 14 amide bonds. The summed E-state index contributed by atoms with van der Waals surface area (Å²) in [6.07, 6.45) is 3.45. The minimum Gasteiger partial charge on any atom is -0.481 e. The van der Waals surface area contributed by atoms with Crippen LogP contribution in [-0.4, -0.2) is 270 Å². The molecule has 0 spiro atoms. The summed E-state index contributed by atoms with van der Waals surface area (Å²) in [7, 11) is 0. The number of hydrogen-bond donors (Lipinski definition) is 24. The Bertz CT molecular complexity index is 3860. The Hall–Kier alpha value is -12.0. The first-order chi connectivity index (χ1) is 53.8. The van der Waals surface area contributed by atoms with Crippen molar-refractivity contribution >= 4 is 94.6 Å². The first-order valence-corrected chi connectivity index (χ1v) is 36.5. The van der Waals surface area contributed by atoms with Gasteiger partial charge in [-0.05, 0) is 55.1 Å². The predicted octanol–water partition coefficient (Wildman–Crippen LogP) is -8.54. The fraction of sp³-hybridized carbons (Fsp3) is 0.521. The molecule has 27 N–H and O–H groups in total. The van der Waals surface area contributed by atoms with E-state index in [0.29, 0.717) is 11.1 Å². The number of aromatic nitrogens is 4. The number of nitrogens with one attached hydrogen (secondary N) is 16. The molecule has 1 aliphatic heterocycles. The van der Waals surface area contributed by atoms with Crippen LogP contribution in [0.4, 0.5) is 0 Å². The fourth-order valence-corrected chi connectivity index (χ4v) is 11.7. The molecule has 1 fully saturated rings. The molecule has 2 aromatic carbocycles. The zero-order valence-corrected chi connectivity index (χ0v) is 62.9. The minimum atomic E-state index is -1.78. The van der Waals surface area contributed by atoms with E-state index in [1.54, 1.807) is 88.4 Å². The van der Waals surface area contributed by atoms with Crippen LogP contribution in [0.2, 0.25) is 0 Å². The topological polar surface area (TPSA) is 676 Å². The highest BCUT2D eigenvalue weighted by molar-refractivity contribution is 6.00. The molecule has 0 aliphatic carbocycles. The number of carboxylic acids is 1. The average Bonchev–Trinajstić information content (AvgIpc) is 1.72. The zero-order chi connectivity index (χ0) is 83.4. The van der Waals surface area contributed by atoms with Crippen molar-refractivity contribution in [2.45, 2.75) is 177 Å². The van der Waals surface area contributed by atoms with E-state index in [9.17, 15) is 97.5 Å². The van der Waals surface area contributed by atoms with Gasteiger partial charge in [0.05, 0.1) is 57.0 Å². The second-order valence-corrected chi connectivity index (χ2v) is 27.2. The Morgan fingerprint density at radius 1 is 0.522 bits per heavy atom. The standard InChI is InChI=1S/C71H104N22O20/c1-5-38(4)57(92-68(111)53-19-13-23-93(53)70(113)49(27-42-29-77-36-81-42)87-65(108)51(33-96)90-66(109)50(32-95)88-59(102)43(72)31-94)69(112)86-47(25-40-16-10-7-11-17-40)62(105)85-48(26-41-28-76-35-80-41)64(107)83-44(18-12-22-78-71(74)75)60(103)79-30-54(98)82-45(20-21-55(99)100)61(104)84-46(24-39-14-8-6-9-15-39)63(106)89-52(34-97)67(110)91-56(37(2)3)58(73)101/h6-11,14-17,28-29,35-38,43-53,56-57,94-97H,5,12-13,18-27,30-34,72H2,1-4H3,(H2,73,101)(H,76,80)(H,77,81)(H,79,103)(H,82,98)(H,83,107)(H,84,104)(H,85,105)(H,86,112)(H,87,108)(H,88,102)(H,89,106)(H,90,109)(H,91,110)(H,92,111)(H,99,100)(H4,74,75,78)/t38-,43-,44-,45-,46-,47-,48-,49-,50-,51-,52-,53-,56-,57-/m0/s1. The van der Waals surface area contributed by atoms with Crippen molar-refractivity contribution in [1.82, 2.24) is 94.0 Å². The van der Waals surface area contributed by atoms with Gasteiger partial charge in [-0.3, -0.25) is 77.3 Å². The van der Waals surface area contributed by atoms with Gasteiger partial charge in [0.15, 0.2) is 5.96 Å². The number of aromatic amines is 2. The van der Waals surface area contributed by atoms with Crippen LogP contribution in [0.15, 0.2) is 85.7 Å². The number of nitrogens with two attached hydrogens (primary N) is 3. The lowest BCUT2D eigenvalue weighted by Crippen LogP contribution is -2.62. The summed E-state index contributed by atoms with van der Waals surface area (Å²) >= 11 is 0. The molecule has 3 heterocycles. The van der Waals surface area contributed by atoms with Crippen LogP contribution in [-0.2, 0) is 97.6 Å². The Kier molecular flexibility index (Phi) is 37.8. The summed E-state index contributed by atoms with van der Waals surface area (Å²) in [6.45, 7) is 1.78. The molecule has 1 saturated heterocycles. The molecule has 113 heavy (non-hydrogen) atoms. The number of rotatable bonds is 48. The van der Waals surface area contributed by atoms with E-state index >= 15 is 0 Å². The molecule has 1 aliphatic rings. The minimum absolute atomic E-state index is 0.0160. The molecule has 42 heteroatoms. The first kappa shape index (κ1) is 91.6. The van der Waals surface area contributed by atoms with Gasteiger partial charge in [0.25, 0.3) is 0 Å². The number of carboxylic acid groups (broad SMARTS) is 1. The van der Waals surface area contributed by atoms with E-state index in [0.717, 1.165) is 0 Å². The SMILES string of the molecule is CC[C@H](C)[C@H](NC(=O)[C@@H]1CCCN1C(=O)[C@H](Cc1c[nH]cn1)NC(=O)[C@H](CO)NC(=O)[C@H](CO)NC(=O)[C@@H](N)CO)C(=O)N[C@@H](Cc1ccccc1)C(=O)N[C@@H](Cc1c[nH]cn1)C(=O)N[C@@H](CCCNC(=N)N)C(=O)NCC(=O)N[C@@H](CCC(=O)O)C(=O)N[C@@H](Cc1ccccc1)C(=O)N[C@@H](CO)C(=O)N[C@H](C(N)=O)C(C)C. The van der Waals surface area contributed by atoms with Crippen LogP contribution in [0, 0.1) is 17.2 Å². The van der Waals surface area contributed by atoms with Gasteiger partial charge in [0, 0.05) is 57.6 Å². The zero-order valence-electron chi connectivity index (χ0n) is 62.9. The molecule has 0 saturated carbocycles. The van der Waals surface area contributed by atoms with Gasteiger partial charge in [-0.15, -0.1) is 0 Å². The Morgan fingerprint density at radius 3 is 1.42 bits per heavy atom. The summed E-state index contributed by atoms with van der Waals surface area (Å²) in [5, 5.41) is 89.0. The van der Waals surface area contributed by atoms with E-state index in [1.807, 2.05) is 0 Å². The van der Waals surface area contributed by atoms with Crippen molar-refractivity contribution in [3.8, 4) is 0 Å². The van der Waals surface area contributed by atoms with Gasteiger partial charge in [-0.25, -0.2) is 9.97 Å². The van der Waals surface area contributed by atoms with Gasteiger partial charge < -0.3 is 127 Å². The highest BCUT2D eigenvalue weighted by atomic mass is 16.4. The monoisotopic (exact) mass is 1580 g/mol. The van der Waals surface area contributed by atoms with E-state index in [4.69, 9.17) is 22.6 Å². The Labute approximate surface area is 649 Å². The molecular formula is C71H104N22O20. The van der Waals surface area contributed by atoms with Gasteiger partial charge in [-0.2, -0.15) is 0 Å². The average molecular weight is 1590 g/mol. The quantitative estimate of drug-likeness (QED) is 0.0111. The molecule has 0 unspecified atom stereocenters. The van der Waals surface area contributed by atoms with Gasteiger partial charge >= 0.3 is 5.97 Å². The number of aliphatic carboxylic acids is 1. The Balaban J connectivity index is 1.36. The number of carbonyl (C=O) groups excluding carboxylic acids is 14. The first-order valence-electron chi connectivity index (χ1n) is 36.5. The molecule has 2 aromatic heterocycles. The molecule has 0 bridgehead atoms. The molecule has 5 rings (SSSR count). The molecule has 14 atom stereocenters. The van der Waals surface area contributed by atoms with Crippen molar-refractivity contribution in [2.75, 3.05) is 46.1 Å². The molecule has 0 radical (unpaired) electrons. The highest BCUT2D eigenvalue weighted by Gasteiger charge is 2.42. The third kappa shape index (κ3) is 30.0. The van der Waals surface area contributed by atoms with Crippen molar-refractivity contribution in [3.63, 3.8) is 0 Å². The number of likely N-dealkylation sites (tertiary alicyclic amines) is 1. The maximum atomic E-state index is 15.0. The van der Waals surface area contributed by atoms with Crippen molar-refractivity contribution in [1.29, 1.82) is 5.41 Å². The van der Waals surface area contributed by atoms with Crippen LogP contribution in [0.3, 0.4) is 0 Å². The molecule has 42 nitrogen and oxygen atoms in total. The molecule has 4 aromatic rings.